The molecule has 2 aromatic carbocycles. The third-order valence-corrected chi connectivity index (χ3v) is 4.82. The molecule has 6 nitrogen and oxygen atoms in total. The van der Waals surface area contributed by atoms with Gasteiger partial charge in [-0.15, -0.1) is 11.3 Å². The number of ether oxygens (including phenoxy) is 1. The molecule has 2 heterocycles. The molecule has 4 rings (SSSR count). The van der Waals surface area contributed by atoms with E-state index in [0.717, 1.165) is 5.39 Å². The number of anilines is 2. The van der Waals surface area contributed by atoms with Crippen molar-refractivity contribution >= 4 is 50.8 Å². The number of amides is 2. The fourth-order valence-electron chi connectivity index (χ4n) is 2.56. The van der Waals surface area contributed by atoms with Crippen LogP contribution in [0.4, 0.5) is 15.6 Å². The van der Waals surface area contributed by atoms with Crippen LogP contribution in [0.5, 0.6) is 5.75 Å². The minimum absolute atomic E-state index is 0.385. The van der Waals surface area contributed by atoms with Crippen molar-refractivity contribution in [1.29, 1.82) is 0 Å². The largest absolute Gasteiger partial charge is 0.493 e. The summed E-state index contributed by atoms with van der Waals surface area (Å²) in [5, 5.41) is 9.24. The Morgan fingerprint density at radius 2 is 2.00 bits per heavy atom. The molecule has 0 atom stereocenters. The van der Waals surface area contributed by atoms with Crippen LogP contribution in [0.15, 0.2) is 58.3 Å². The monoisotopic (exact) mass is 399 g/mol. The number of nitrogens with zero attached hydrogens (tertiary/aromatic N) is 1. The normalized spacial score (nSPS) is 10.7. The highest BCUT2D eigenvalue weighted by molar-refractivity contribution is 7.14. The van der Waals surface area contributed by atoms with Crippen LogP contribution >= 0.6 is 22.9 Å². The number of carbonyl (C=O) groups excluding carboxylic acids is 1. The van der Waals surface area contributed by atoms with Gasteiger partial charge < -0.3 is 14.5 Å². The molecule has 0 saturated heterocycles. The molecule has 2 aromatic heterocycles. The quantitative estimate of drug-likeness (QED) is 0.450. The molecule has 0 spiro atoms. The Bertz CT molecular complexity index is 1110. The van der Waals surface area contributed by atoms with Gasteiger partial charge in [-0.25, -0.2) is 9.78 Å². The third-order valence-electron chi connectivity index (χ3n) is 3.81. The fourth-order valence-corrected chi connectivity index (χ4v) is 3.38. The summed E-state index contributed by atoms with van der Waals surface area (Å²) in [6.07, 6.45) is 0. The van der Waals surface area contributed by atoms with Gasteiger partial charge in [-0.05, 0) is 36.4 Å². The molecule has 0 bridgehead atoms. The number of para-hydroxylation sites is 1. The van der Waals surface area contributed by atoms with Crippen molar-refractivity contribution in [2.24, 2.45) is 0 Å². The second kappa shape index (κ2) is 7.30. The molecule has 4 aromatic rings. The lowest BCUT2D eigenvalue weighted by atomic mass is 10.2. The van der Waals surface area contributed by atoms with E-state index in [0.29, 0.717) is 38.6 Å². The van der Waals surface area contributed by atoms with Crippen molar-refractivity contribution in [2.75, 3.05) is 17.7 Å². The predicted octanol–water partition coefficient (Wildman–Crippen LogP) is 5.86. The number of methoxy groups -OCH3 is 1. The number of fused-ring (bicyclic) bond motifs is 1. The van der Waals surface area contributed by atoms with Crippen LogP contribution in [-0.4, -0.2) is 18.1 Å². The zero-order chi connectivity index (χ0) is 18.8. The summed E-state index contributed by atoms with van der Waals surface area (Å²) in [5.74, 6) is 1.27. The van der Waals surface area contributed by atoms with E-state index in [1.807, 2.05) is 29.6 Å². The fraction of sp³-hybridized carbons (Fsp3) is 0.0526. The maximum atomic E-state index is 12.1. The van der Waals surface area contributed by atoms with Crippen molar-refractivity contribution in [2.45, 2.75) is 0 Å². The molecule has 2 amide bonds. The van der Waals surface area contributed by atoms with Gasteiger partial charge in [0.15, 0.2) is 22.2 Å². The molecule has 0 fully saturated rings. The molecule has 27 heavy (non-hydrogen) atoms. The predicted molar refractivity (Wildman–Crippen MR) is 108 cm³/mol. The average molecular weight is 400 g/mol. The number of rotatable bonds is 4. The zero-order valence-electron chi connectivity index (χ0n) is 14.2. The summed E-state index contributed by atoms with van der Waals surface area (Å²) in [4.78, 5) is 16.5. The van der Waals surface area contributed by atoms with Crippen molar-refractivity contribution in [3.63, 3.8) is 0 Å². The molecule has 8 heteroatoms. The van der Waals surface area contributed by atoms with Gasteiger partial charge >= 0.3 is 6.03 Å². The van der Waals surface area contributed by atoms with E-state index in [1.54, 1.807) is 31.4 Å². The van der Waals surface area contributed by atoms with Crippen LogP contribution in [0.2, 0.25) is 5.02 Å². The molecule has 0 aliphatic carbocycles. The van der Waals surface area contributed by atoms with Gasteiger partial charge in [-0.1, -0.05) is 23.7 Å². The molecular formula is C19H14ClN3O3S. The van der Waals surface area contributed by atoms with E-state index in [1.165, 1.54) is 11.3 Å². The standard InChI is InChI=1S/C19H14ClN3O3S/c1-25-15-4-2-3-11-9-16(26-17(11)15)14-10-27-19(22-14)23-18(24)21-13-7-5-12(20)6-8-13/h2-10H,1H3,(H2,21,22,23,24). The molecule has 0 saturated carbocycles. The highest BCUT2D eigenvalue weighted by Gasteiger charge is 2.14. The van der Waals surface area contributed by atoms with Crippen LogP contribution < -0.4 is 15.4 Å². The van der Waals surface area contributed by atoms with E-state index in [2.05, 4.69) is 15.6 Å². The number of aromatic nitrogens is 1. The van der Waals surface area contributed by atoms with E-state index in [-0.39, 0.29) is 6.03 Å². The summed E-state index contributed by atoms with van der Waals surface area (Å²) in [6.45, 7) is 0. The summed E-state index contributed by atoms with van der Waals surface area (Å²) < 4.78 is 11.2. The molecule has 136 valence electrons. The summed E-state index contributed by atoms with van der Waals surface area (Å²) in [5.41, 5.74) is 1.94. The smallest absolute Gasteiger partial charge is 0.325 e. The Balaban J connectivity index is 1.50. The van der Waals surface area contributed by atoms with Crippen molar-refractivity contribution < 1.29 is 13.9 Å². The minimum Gasteiger partial charge on any atom is -0.493 e. The molecular weight excluding hydrogens is 386 g/mol. The van der Waals surface area contributed by atoms with Crippen LogP contribution in [0.25, 0.3) is 22.4 Å². The number of nitrogens with one attached hydrogen (secondary N) is 2. The van der Waals surface area contributed by atoms with Crippen molar-refractivity contribution in [1.82, 2.24) is 4.98 Å². The first-order chi connectivity index (χ1) is 13.1. The van der Waals surface area contributed by atoms with Gasteiger partial charge in [0.1, 0.15) is 5.69 Å². The molecule has 0 unspecified atom stereocenters. The van der Waals surface area contributed by atoms with E-state index < -0.39 is 0 Å². The number of thiazole rings is 1. The Morgan fingerprint density at radius 1 is 1.19 bits per heavy atom. The topological polar surface area (TPSA) is 76.4 Å². The van der Waals surface area contributed by atoms with Gasteiger partial charge in [-0.3, -0.25) is 5.32 Å². The molecule has 0 radical (unpaired) electrons. The van der Waals surface area contributed by atoms with Crippen LogP contribution in [0.1, 0.15) is 0 Å². The van der Waals surface area contributed by atoms with Crippen LogP contribution in [0, 0.1) is 0 Å². The van der Waals surface area contributed by atoms with E-state index >= 15 is 0 Å². The highest BCUT2D eigenvalue weighted by Crippen LogP contribution is 2.34. The Labute approximate surface area is 163 Å². The maximum absolute atomic E-state index is 12.1. The second-order valence-corrected chi connectivity index (χ2v) is 6.91. The number of urea groups is 1. The first-order valence-corrected chi connectivity index (χ1v) is 9.24. The Kier molecular flexibility index (Phi) is 4.70. The summed E-state index contributed by atoms with van der Waals surface area (Å²) in [7, 11) is 1.60. The molecule has 0 aliphatic heterocycles. The number of halogens is 1. The first kappa shape index (κ1) is 17.4. The van der Waals surface area contributed by atoms with Gasteiger partial charge in [0.2, 0.25) is 0 Å². The molecule has 2 N–H and O–H groups in total. The average Bonchev–Trinajstić information content (AvgIpc) is 3.29. The Morgan fingerprint density at radius 3 is 2.78 bits per heavy atom. The maximum Gasteiger partial charge on any atom is 0.325 e. The van der Waals surface area contributed by atoms with Crippen molar-refractivity contribution in [3.8, 4) is 17.2 Å². The number of hydrogen-bond donors (Lipinski definition) is 2. The van der Waals surface area contributed by atoms with Gasteiger partial charge in [0.25, 0.3) is 0 Å². The first-order valence-electron chi connectivity index (χ1n) is 7.98. The zero-order valence-corrected chi connectivity index (χ0v) is 15.7. The minimum atomic E-state index is -0.385. The lowest BCUT2D eigenvalue weighted by Gasteiger charge is -2.05. The summed E-state index contributed by atoms with van der Waals surface area (Å²) >= 11 is 7.14. The SMILES string of the molecule is COc1cccc2cc(-c3csc(NC(=O)Nc4ccc(Cl)cc4)n3)oc12. The second-order valence-electron chi connectivity index (χ2n) is 5.61. The van der Waals surface area contributed by atoms with Gasteiger partial charge in [0.05, 0.1) is 7.11 Å². The number of hydrogen-bond acceptors (Lipinski definition) is 5. The lowest BCUT2D eigenvalue weighted by molar-refractivity contribution is 0.262. The number of benzene rings is 2. The van der Waals surface area contributed by atoms with E-state index in [4.69, 9.17) is 20.8 Å². The highest BCUT2D eigenvalue weighted by atomic mass is 35.5. The van der Waals surface area contributed by atoms with Crippen LogP contribution in [-0.2, 0) is 0 Å². The summed E-state index contributed by atoms with van der Waals surface area (Å²) in [6, 6.07) is 14.0. The molecule has 0 aliphatic rings. The Hall–Kier alpha value is -3.03. The van der Waals surface area contributed by atoms with Crippen LogP contribution in [0.3, 0.4) is 0 Å². The van der Waals surface area contributed by atoms with Gasteiger partial charge in [-0.2, -0.15) is 0 Å². The number of carbonyl (C=O) groups is 1. The third kappa shape index (κ3) is 3.74. The van der Waals surface area contributed by atoms with E-state index in [9.17, 15) is 4.79 Å². The van der Waals surface area contributed by atoms with Gasteiger partial charge in [0, 0.05) is 21.5 Å². The lowest BCUT2D eigenvalue weighted by Crippen LogP contribution is -2.19. The van der Waals surface area contributed by atoms with Crippen molar-refractivity contribution in [3.05, 3.63) is 58.9 Å². The number of furan rings is 1.